The third kappa shape index (κ3) is 1.80. The predicted molar refractivity (Wildman–Crippen MR) is 58.1 cm³/mol. The molecule has 0 heterocycles. The molecule has 1 aromatic rings. The van der Waals surface area contributed by atoms with E-state index in [2.05, 4.69) is 6.08 Å². The number of aryl methyl sites for hydroxylation is 1. The Labute approximate surface area is 84.1 Å². The van der Waals surface area contributed by atoms with Crippen LogP contribution < -0.4 is 5.73 Å². The topological polar surface area (TPSA) is 46.2 Å². The van der Waals surface area contributed by atoms with Crippen molar-refractivity contribution in [2.45, 2.75) is 19.3 Å². The molecule has 3 N–H and O–H groups in total. The molecule has 1 aliphatic carbocycles. The van der Waals surface area contributed by atoms with E-state index in [0.717, 1.165) is 24.8 Å². The second kappa shape index (κ2) is 3.84. The van der Waals surface area contributed by atoms with Crippen LogP contribution in [0.15, 0.2) is 23.8 Å². The average Bonchev–Trinajstić information content (AvgIpc) is 2.17. The van der Waals surface area contributed by atoms with Crippen LogP contribution in [0.25, 0.3) is 6.08 Å². The molecule has 14 heavy (non-hydrogen) atoms. The van der Waals surface area contributed by atoms with E-state index >= 15 is 0 Å². The summed E-state index contributed by atoms with van der Waals surface area (Å²) in [5.74, 6) is 0.342. The van der Waals surface area contributed by atoms with Crippen LogP contribution in [0.2, 0.25) is 0 Å². The quantitative estimate of drug-likeness (QED) is 0.748. The van der Waals surface area contributed by atoms with Gasteiger partial charge in [0, 0.05) is 0 Å². The molecule has 0 saturated carbocycles. The van der Waals surface area contributed by atoms with Crippen molar-refractivity contribution in [3.63, 3.8) is 0 Å². The lowest BCUT2D eigenvalue weighted by molar-refractivity contribution is 0.475. The highest BCUT2D eigenvalue weighted by molar-refractivity contribution is 5.61. The van der Waals surface area contributed by atoms with E-state index in [4.69, 9.17) is 5.73 Å². The highest BCUT2D eigenvalue weighted by atomic mass is 16.3. The first kappa shape index (κ1) is 9.28. The van der Waals surface area contributed by atoms with Gasteiger partial charge in [-0.25, -0.2) is 0 Å². The van der Waals surface area contributed by atoms with Crippen molar-refractivity contribution in [1.29, 1.82) is 0 Å². The van der Waals surface area contributed by atoms with Crippen molar-refractivity contribution in [3.05, 3.63) is 34.9 Å². The van der Waals surface area contributed by atoms with Gasteiger partial charge in [0.25, 0.3) is 0 Å². The Morgan fingerprint density at radius 1 is 1.29 bits per heavy atom. The Hall–Kier alpha value is -1.28. The molecule has 0 spiro atoms. The summed E-state index contributed by atoms with van der Waals surface area (Å²) in [5, 5.41) is 9.35. The van der Waals surface area contributed by atoms with Crippen molar-refractivity contribution in [3.8, 4) is 5.75 Å². The Morgan fingerprint density at radius 3 is 2.93 bits per heavy atom. The molecule has 0 radical (unpaired) electrons. The summed E-state index contributed by atoms with van der Waals surface area (Å²) in [6, 6.07) is 5.58. The van der Waals surface area contributed by atoms with Crippen LogP contribution in [-0.4, -0.2) is 11.7 Å². The molecule has 0 aliphatic heterocycles. The molecule has 2 heteroatoms. The molecule has 0 fully saturated rings. The van der Waals surface area contributed by atoms with Crippen molar-refractivity contribution < 1.29 is 5.11 Å². The second-order valence-corrected chi connectivity index (χ2v) is 3.72. The molecular weight excluding hydrogens is 174 g/mol. The SMILES string of the molecule is NCCC1=Cc2cc(O)ccc2CC1. The van der Waals surface area contributed by atoms with Crippen LogP contribution in [0.1, 0.15) is 24.0 Å². The largest absolute Gasteiger partial charge is 0.508 e. The fraction of sp³-hybridized carbons (Fsp3) is 0.333. The molecule has 0 amide bonds. The van der Waals surface area contributed by atoms with Gasteiger partial charge in [-0.3, -0.25) is 0 Å². The number of rotatable bonds is 2. The fourth-order valence-electron chi connectivity index (χ4n) is 1.91. The molecule has 2 nitrogen and oxygen atoms in total. The van der Waals surface area contributed by atoms with Crippen molar-refractivity contribution in [1.82, 2.24) is 0 Å². The number of nitrogens with two attached hydrogens (primary N) is 1. The lowest BCUT2D eigenvalue weighted by atomic mass is 9.91. The number of hydrogen-bond acceptors (Lipinski definition) is 2. The molecule has 0 atom stereocenters. The van der Waals surface area contributed by atoms with E-state index < -0.39 is 0 Å². The van der Waals surface area contributed by atoms with E-state index in [1.54, 1.807) is 6.07 Å². The molecule has 0 bridgehead atoms. The zero-order chi connectivity index (χ0) is 9.97. The number of benzene rings is 1. The van der Waals surface area contributed by atoms with Gasteiger partial charge < -0.3 is 10.8 Å². The van der Waals surface area contributed by atoms with E-state index in [0.29, 0.717) is 12.3 Å². The summed E-state index contributed by atoms with van der Waals surface area (Å²) in [4.78, 5) is 0. The first-order valence-electron chi connectivity index (χ1n) is 5.01. The summed E-state index contributed by atoms with van der Waals surface area (Å²) in [5.41, 5.74) is 9.39. The highest BCUT2D eigenvalue weighted by Gasteiger charge is 2.09. The standard InChI is InChI=1S/C12H15NO/c13-6-5-9-1-2-10-3-4-12(14)8-11(10)7-9/h3-4,7-8,14H,1-2,5-6,13H2. The lowest BCUT2D eigenvalue weighted by Crippen LogP contribution is -2.04. The Bertz CT molecular complexity index is 369. The van der Waals surface area contributed by atoms with Crippen LogP contribution in [0.4, 0.5) is 0 Å². The third-order valence-corrected chi connectivity index (χ3v) is 2.67. The van der Waals surface area contributed by atoms with Gasteiger partial charge in [-0.1, -0.05) is 17.7 Å². The molecule has 0 saturated heterocycles. The second-order valence-electron chi connectivity index (χ2n) is 3.72. The minimum atomic E-state index is 0.342. The monoisotopic (exact) mass is 189 g/mol. The maximum atomic E-state index is 9.35. The van der Waals surface area contributed by atoms with Crippen LogP contribution in [0.5, 0.6) is 5.75 Å². The molecule has 2 rings (SSSR count). The van der Waals surface area contributed by atoms with Gasteiger partial charge in [0.15, 0.2) is 0 Å². The fourth-order valence-corrected chi connectivity index (χ4v) is 1.91. The summed E-state index contributed by atoms with van der Waals surface area (Å²) in [6.07, 6.45) is 5.30. The zero-order valence-corrected chi connectivity index (χ0v) is 8.16. The summed E-state index contributed by atoms with van der Waals surface area (Å²) < 4.78 is 0. The summed E-state index contributed by atoms with van der Waals surface area (Å²) in [6.45, 7) is 0.708. The molecule has 1 aliphatic rings. The van der Waals surface area contributed by atoms with Gasteiger partial charge in [0.05, 0.1) is 0 Å². The van der Waals surface area contributed by atoms with Crippen molar-refractivity contribution >= 4 is 6.08 Å². The number of hydrogen-bond donors (Lipinski definition) is 2. The van der Waals surface area contributed by atoms with Crippen LogP contribution in [-0.2, 0) is 6.42 Å². The Kier molecular flexibility index (Phi) is 2.55. The highest BCUT2D eigenvalue weighted by Crippen LogP contribution is 2.27. The number of phenols is 1. The maximum Gasteiger partial charge on any atom is 0.116 e. The van der Waals surface area contributed by atoms with Crippen LogP contribution in [0.3, 0.4) is 0 Å². The first-order chi connectivity index (χ1) is 6.79. The van der Waals surface area contributed by atoms with Crippen LogP contribution in [0, 0.1) is 0 Å². The molecule has 0 aromatic heterocycles. The third-order valence-electron chi connectivity index (χ3n) is 2.67. The number of phenolic OH excluding ortho intramolecular Hbond substituents is 1. The normalized spacial score (nSPS) is 14.8. The van der Waals surface area contributed by atoms with Crippen molar-refractivity contribution in [2.75, 3.05) is 6.54 Å². The number of fused-ring (bicyclic) bond motifs is 1. The molecular formula is C12H15NO. The van der Waals surface area contributed by atoms with Gasteiger partial charge in [-0.05, 0) is 49.1 Å². The number of aromatic hydroxyl groups is 1. The average molecular weight is 189 g/mol. The smallest absolute Gasteiger partial charge is 0.116 e. The van der Waals surface area contributed by atoms with E-state index in [1.807, 2.05) is 12.1 Å². The van der Waals surface area contributed by atoms with Crippen molar-refractivity contribution in [2.24, 2.45) is 5.73 Å². The first-order valence-corrected chi connectivity index (χ1v) is 5.01. The Morgan fingerprint density at radius 2 is 2.14 bits per heavy atom. The van der Waals surface area contributed by atoms with E-state index in [9.17, 15) is 5.11 Å². The van der Waals surface area contributed by atoms with Gasteiger partial charge in [-0.2, -0.15) is 0 Å². The molecule has 0 unspecified atom stereocenters. The predicted octanol–water partition coefficient (Wildman–Crippen LogP) is 2.07. The minimum absolute atomic E-state index is 0.342. The van der Waals surface area contributed by atoms with Crippen LogP contribution >= 0.6 is 0 Å². The minimum Gasteiger partial charge on any atom is -0.508 e. The summed E-state index contributed by atoms with van der Waals surface area (Å²) >= 11 is 0. The molecule has 1 aromatic carbocycles. The lowest BCUT2D eigenvalue weighted by Gasteiger charge is -2.16. The maximum absolute atomic E-state index is 9.35. The zero-order valence-electron chi connectivity index (χ0n) is 8.16. The van der Waals surface area contributed by atoms with Gasteiger partial charge in [0.2, 0.25) is 0 Å². The van der Waals surface area contributed by atoms with Gasteiger partial charge in [0.1, 0.15) is 5.75 Å². The van der Waals surface area contributed by atoms with Gasteiger partial charge >= 0.3 is 0 Å². The summed E-state index contributed by atoms with van der Waals surface area (Å²) in [7, 11) is 0. The van der Waals surface area contributed by atoms with E-state index in [-0.39, 0.29) is 0 Å². The molecule has 74 valence electrons. The Balaban J connectivity index is 2.32. The van der Waals surface area contributed by atoms with Gasteiger partial charge in [-0.15, -0.1) is 0 Å². The van der Waals surface area contributed by atoms with E-state index in [1.165, 1.54) is 11.1 Å².